The molecule has 0 atom stereocenters. The fraction of sp³-hybridized carbons (Fsp3) is 0.154. The highest BCUT2D eigenvalue weighted by atomic mass is 32.2. The van der Waals surface area contributed by atoms with Crippen LogP contribution in [-0.4, -0.2) is 23.7 Å². The summed E-state index contributed by atoms with van der Waals surface area (Å²) >= 11 is 0. The van der Waals surface area contributed by atoms with Crippen LogP contribution in [0.3, 0.4) is 0 Å². The molecule has 0 aliphatic carbocycles. The van der Waals surface area contributed by atoms with Crippen molar-refractivity contribution in [3.8, 4) is 12.1 Å². The third kappa shape index (κ3) is 2.80. The molecule has 0 bridgehead atoms. The van der Waals surface area contributed by atoms with Gasteiger partial charge in [0.05, 0.1) is 11.2 Å². The first-order valence-electron chi connectivity index (χ1n) is 5.86. The molecule has 6 nitrogen and oxygen atoms in total. The van der Waals surface area contributed by atoms with Crippen molar-refractivity contribution in [3.05, 3.63) is 47.5 Å². The van der Waals surface area contributed by atoms with Crippen LogP contribution < -0.4 is 0 Å². The molecule has 0 spiro atoms. The van der Waals surface area contributed by atoms with Crippen LogP contribution in [0.15, 0.2) is 35.5 Å². The molecule has 9 heteroatoms. The number of benzene rings is 1. The number of hydrogen-bond acceptors (Lipinski definition) is 5. The Morgan fingerprint density at radius 2 is 1.82 bits per heavy atom. The molecule has 112 valence electrons. The lowest BCUT2D eigenvalue weighted by Gasteiger charge is -2.06. The number of sulfone groups is 1. The van der Waals surface area contributed by atoms with Gasteiger partial charge in [-0.2, -0.15) is 19.3 Å². The molecule has 1 aromatic carbocycles. The van der Waals surface area contributed by atoms with Gasteiger partial charge < -0.3 is 4.57 Å². The molecule has 0 unspecified atom stereocenters. The Balaban J connectivity index is 2.29. The highest BCUT2D eigenvalue weighted by Crippen LogP contribution is 2.19. The zero-order chi connectivity index (χ0) is 16.3. The van der Waals surface area contributed by atoms with Crippen LogP contribution in [0, 0.1) is 22.7 Å². The number of rotatable bonds is 4. The predicted molar refractivity (Wildman–Crippen MR) is 70.4 cm³/mol. The van der Waals surface area contributed by atoms with Gasteiger partial charge in [0.15, 0.2) is 11.4 Å². The highest BCUT2D eigenvalue weighted by Gasteiger charge is 2.26. The molecule has 0 fully saturated rings. The molecule has 1 heterocycles. The van der Waals surface area contributed by atoms with Gasteiger partial charge in [-0.25, -0.2) is 13.4 Å². The minimum absolute atomic E-state index is 0.0144. The first kappa shape index (κ1) is 15.6. The van der Waals surface area contributed by atoms with E-state index in [1.807, 2.05) is 6.07 Å². The Labute approximate surface area is 124 Å². The molecular weight excluding hydrogens is 314 g/mol. The van der Waals surface area contributed by atoms with E-state index in [4.69, 9.17) is 10.5 Å². The summed E-state index contributed by atoms with van der Waals surface area (Å²) in [5.74, 6) is -3.48. The molecule has 0 aliphatic rings. The Bertz CT molecular complexity index is 874. The summed E-state index contributed by atoms with van der Waals surface area (Å²) in [5.41, 5.74) is 0.637. The van der Waals surface area contributed by atoms with E-state index >= 15 is 0 Å². The van der Waals surface area contributed by atoms with Gasteiger partial charge in [0.2, 0.25) is 9.84 Å². The average Bonchev–Trinajstić information content (AvgIpc) is 2.89. The number of aromatic nitrogens is 2. The van der Waals surface area contributed by atoms with Gasteiger partial charge in [0.25, 0.3) is 0 Å². The first-order valence-corrected chi connectivity index (χ1v) is 7.41. The van der Waals surface area contributed by atoms with E-state index in [1.165, 1.54) is 23.0 Å². The molecule has 0 amide bonds. The van der Waals surface area contributed by atoms with Gasteiger partial charge in [-0.3, -0.25) is 0 Å². The van der Waals surface area contributed by atoms with Crippen molar-refractivity contribution in [1.29, 1.82) is 10.5 Å². The number of hydrogen-bond donors (Lipinski definition) is 0. The smallest absolute Gasteiger partial charge is 0.317 e. The Morgan fingerprint density at radius 3 is 2.32 bits per heavy atom. The van der Waals surface area contributed by atoms with Crippen molar-refractivity contribution in [2.75, 3.05) is 0 Å². The molecule has 2 aromatic rings. The molecule has 2 rings (SSSR count). The van der Waals surface area contributed by atoms with E-state index in [2.05, 4.69) is 4.98 Å². The van der Waals surface area contributed by atoms with E-state index in [-0.39, 0.29) is 17.9 Å². The van der Waals surface area contributed by atoms with Crippen LogP contribution >= 0.6 is 0 Å². The topological polar surface area (TPSA) is 99.5 Å². The van der Waals surface area contributed by atoms with Gasteiger partial charge >= 0.3 is 5.76 Å². The molecule has 0 radical (unpaired) electrons. The molecule has 0 saturated heterocycles. The van der Waals surface area contributed by atoms with Gasteiger partial charge in [-0.15, -0.1) is 0 Å². The van der Waals surface area contributed by atoms with Crippen LogP contribution in [0.1, 0.15) is 17.0 Å². The lowest BCUT2D eigenvalue weighted by atomic mass is 10.2. The second-order valence-corrected chi connectivity index (χ2v) is 6.16. The maximum Gasteiger partial charge on any atom is 0.341 e. The van der Waals surface area contributed by atoms with E-state index < -0.39 is 20.5 Å². The van der Waals surface area contributed by atoms with Crippen molar-refractivity contribution in [2.45, 2.75) is 17.2 Å². The van der Waals surface area contributed by atoms with Gasteiger partial charge in [-0.05, 0) is 17.7 Å². The van der Waals surface area contributed by atoms with Gasteiger partial charge in [-0.1, -0.05) is 12.1 Å². The average molecular weight is 322 g/mol. The normalized spacial score (nSPS) is 11.1. The second kappa shape index (κ2) is 5.92. The molecule has 0 N–H and O–H groups in total. The van der Waals surface area contributed by atoms with Crippen LogP contribution in [0.25, 0.3) is 0 Å². The number of imidazole rings is 1. The molecule has 1 aromatic heterocycles. The fourth-order valence-electron chi connectivity index (χ4n) is 1.79. The summed E-state index contributed by atoms with van der Waals surface area (Å²) in [7, 11) is -4.63. The number of alkyl halides is 2. The molecule has 22 heavy (non-hydrogen) atoms. The van der Waals surface area contributed by atoms with Crippen molar-refractivity contribution < 1.29 is 17.2 Å². The SMILES string of the molecule is N#Cc1ncn(Cc2ccc(S(=O)(=O)C(F)F)cc2)c1C#N. The highest BCUT2D eigenvalue weighted by molar-refractivity contribution is 7.91. The summed E-state index contributed by atoms with van der Waals surface area (Å²) in [6.45, 7) is 0.159. The summed E-state index contributed by atoms with van der Waals surface area (Å²) in [4.78, 5) is 3.29. The van der Waals surface area contributed by atoms with E-state index in [0.717, 1.165) is 12.1 Å². The van der Waals surface area contributed by atoms with Gasteiger partial charge in [0, 0.05) is 6.54 Å². The third-order valence-electron chi connectivity index (χ3n) is 2.89. The van der Waals surface area contributed by atoms with Crippen LogP contribution in [-0.2, 0) is 16.4 Å². The fourth-order valence-corrected chi connectivity index (χ4v) is 2.51. The minimum atomic E-state index is -4.63. The van der Waals surface area contributed by atoms with Gasteiger partial charge in [0.1, 0.15) is 12.1 Å². The quantitative estimate of drug-likeness (QED) is 0.852. The van der Waals surface area contributed by atoms with Crippen molar-refractivity contribution in [1.82, 2.24) is 9.55 Å². The zero-order valence-electron chi connectivity index (χ0n) is 10.9. The monoisotopic (exact) mass is 322 g/mol. The minimum Gasteiger partial charge on any atom is -0.317 e. The predicted octanol–water partition coefficient (Wildman–Crippen LogP) is 1.67. The van der Waals surface area contributed by atoms with Crippen LogP contribution in [0.4, 0.5) is 8.78 Å². The van der Waals surface area contributed by atoms with Crippen molar-refractivity contribution in [2.24, 2.45) is 0 Å². The zero-order valence-corrected chi connectivity index (χ0v) is 11.8. The maximum atomic E-state index is 12.4. The maximum absolute atomic E-state index is 12.4. The summed E-state index contributed by atoms with van der Waals surface area (Å²) in [6.07, 6.45) is 1.31. The lowest BCUT2D eigenvalue weighted by Crippen LogP contribution is -2.11. The Morgan fingerprint density at radius 1 is 1.18 bits per heavy atom. The standard InChI is InChI=1S/C13H8F2N4O2S/c14-13(15)22(20,21)10-3-1-9(2-4-10)7-19-8-18-11(5-16)12(19)6-17/h1-4,8,13H,7H2. The summed E-state index contributed by atoms with van der Waals surface area (Å²) in [6, 6.07) is 8.50. The van der Waals surface area contributed by atoms with Crippen LogP contribution in [0.2, 0.25) is 0 Å². The largest absolute Gasteiger partial charge is 0.341 e. The van der Waals surface area contributed by atoms with E-state index in [1.54, 1.807) is 6.07 Å². The molecule has 0 saturated carbocycles. The first-order chi connectivity index (χ1) is 10.4. The number of nitriles is 2. The summed E-state index contributed by atoms with van der Waals surface area (Å²) in [5, 5.41) is 17.8. The van der Waals surface area contributed by atoms with E-state index in [0.29, 0.717) is 5.56 Å². The Kier molecular flexibility index (Phi) is 4.20. The molecular formula is C13H8F2N4O2S. The molecule has 0 aliphatic heterocycles. The van der Waals surface area contributed by atoms with E-state index in [9.17, 15) is 17.2 Å². The van der Waals surface area contributed by atoms with Crippen molar-refractivity contribution >= 4 is 9.84 Å². The number of halogens is 2. The third-order valence-corrected chi connectivity index (χ3v) is 4.29. The summed E-state index contributed by atoms with van der Waals surface area (Å²) < 4.78 is 48.8. The van der Waals surface area contributed by atoms with Crippen LogP contribution in [0.5, 0.6) is 0 Å². The second-order valence-electron chi connectivity index (χ2n) is 4.24. The van der Waals surface area contributed by atoms with Crippen molar-refractivity contribution in [3.63, 3.8) is 0 Å². The number of nitrogens with zero attached hydrogens (tertiary/aromatic N) is 4. The lowest BCUT2D eigenvalue weighted by molar-refractivity contribution is 0.234. The Hall–Kier alpha value is -2.78.